The van der Waals surface area contributed by atoms with Gasteiger partial charge in [0.1, 0.15) is 0 Å². The zero-order chi connectivity index (χ0) is 13.5. The van der Waals surface area contributed by atoms with Crippen LogP contribution in [0.15, 0.2) is 24.3 Å². The van der Waals surface area contributed by atoms with Crippen LogP contribution in [0.3, 0.4) is 0 Å². The molecule has 1 aromatic rings. The standard InChI is InChI=1S/C13H16ClNO3/c1-9(10-3-5-11(14)6-4-10)15-12(16)7-8-13(17)18-2/h3-6,9H,7-8H2,1-2H3,(H,15,16)/t9-/m0/s1. The molecular formula is C13H16ClNO3. The number of hydrogen-bond donors (Lipinski definition) is 1. The van der Waals surface area contributed by atoms with Crippen molar-refractivity contribution in [3.05, 3.63) is 34.9 Å². The highest BCUT2D eigenvalue weighted by Crippen LogP contribution is 2.16. The normalized spacial score (nSPS) is 11.7. The number of ether oxygens (including phenoxy) is 1. The summed E-state index contributed by atoms with van der Waals surface area (Å²) >= 11 is 5.78. The molecule has 1 amide bonds. The fraction of sp³-hybridized carbons (Fsp3) is 0.385. The molecular weight excluding hydrogens is 254 g/mol. The SMILES string of the molecule is COC(=O)CCC(=O)N[C@@H](C)c1ccc(Cl)cc1. The van der Waals surface area contributed by atoms with Gasteiger partial charge in [-0.2, -0.15) is 0 Å². The minimum absolute atomic E-state index is 0.0929. The summed E-state index contributed by atoms with van der Waals surface area (Å²) in [5, 5.41) is 3.46. The summed E-state index contributed by atoms with van der Waals surface area (Å²) in [7, 11) is 1.30. The lowest BCUT2D eigenvalue weighted by Gasteiger charge is -2.14. The van der Waals surface area contributed by atoms with E-state index in [9.17, 15) is 9.59 Å². The number of rotatable bonds is 5. The Balaban J connectivity index is 2.44. The fourth-order valence-corrected chi connectivity index (χ4v) is 1.59. The van der Waals surface area contributed by atoms with Gasteiger partial charge >= 0.3 is 5.97 Å². The molecule has 0 radical (unpaired) electrons. The number of carbonyl (C=O) groups excluding carboxylic acids is 2. The van der Waals surface area contributed by atoms with Crippen molar-refractivity contribution >= 4 is 23.5 Å². The quantitative estimate of drug-likeness (QED) is 0.836. The average molecular weight is 270 g/mol. The summed E-state index contributed by atoms with van der Waals surface area (Å²) in [5.74, 6) is -0.563. The van der Waals surface area contributed by atoms with Crippen LogP contribution in [0.5, 0.6) is 0 Å². The summed E-state index contributed by atoms with van der Waals surface area (Å²) in [5.41, 5.74) is 0.964. The summed E-state index contributed by atoms with van der Waals surface area (Å²) in [6.45, 7) is 1.87. The van der Waals surface area contributed by atoms with Crippen molar-refractivity contribution in [2.75, 3.05) is 7.11 Å². The molecule has 0 aliphatic carbocycles. The summed E-state index contributed by atoms with van der Waals surface area (Å²) in [4.78, 5) is 22.5. The average Bonchev–Trinajstić information content (AvgIpc) is 2.36. The molecule has 0 saturated carbocycles. The van der Waals surface area contributed by atoms with Crippen molar-refractivity contribution in [1.29, 1.82) is 0 Å². The van der Waals surface area contributed by atoms with Crippen molar-refractivity contribution in [2.24, 2.45) is 0 Å². The molecule has 18 heavy (non-hydrogen) atoms. The van der Waals surface area contributed by atoms with Gasteiger partial charge in [-0.25, -0.2) is 0 Å². The molecule has 0 aliphatic rings. The molecule has 0 aromatic heterocycles. The Hall–Kier alpha value is -1.55. The van der Waals surface area contributed by atoms with Gasteiger partial charge in [-0.05, 0) is 24.6 Å². The number of nitrogens with one attached hydrogen (secondary N) is 1. The monoisotopic (exact) mass is 269 g/mol. The molecule has 4 nitrogen and oxygen atoms in total. The van der Waals surface area contributed by atoms with E-state index in [0.29, 0.717) is 5.02 Å². The Bertz CT molecular complexity index is 417. The Morgan fingerprint density at radius 1 is 1.28 bits per heavy atom. The molecule has 98 valence electrons. The Labute approximate surface area is 111 Å². The zero-order valence-corrected chi connectivity index (χ0v) is 11.2. The lowest BCUT2D eigenvalue weighted by atomic mass is 10.1. The van der Waals surface area contributed by atoms with Gasteiger partial charge in [0.15, 0.2) is 0 Å². The van der Waals surface area contributed by atoms with Crippen LogP contribution in [0, 0.1) is 0 Å². The van der Waals surface area contributed by atoms with E-state index in [2.05, 4.69) is 10.1 Å². The van der Waals surface area contributed by atoms with Crippen molar-refractivity contribution < 1.29 is 14.3 Å². The summed E-state index contributed by atoms with van der Waals surface area (Å²) < 4.78 is 4.47. The Kier molecular flexibility index (Phi) is 5.65. The third-order valence-electron chi connectivity index (χ3n) is 2.53. The topological polar surface area (TPSA) is 55.4 Å². The molecule has 0 fully saturated rings. The molecule has 0 aliphatic heterocycles. The largest absolute Gasteiger partial charge is 0.469 e. The number of hydrogen-bond acceptors (Lipinski definition) is 3. The highest BCUT2D eigenvalue weighted by Gasteiger charge is 2.11. The summed E-state index contributed by atoms with van der Waals surface area (Å²) in [6.07, 6.45) is 0.222. The molecule has 1 atom stereocenters. The highest BCUT2D eigenvalue weighted by atomic mass is 35.5. The molecule has 1 N–H and O–H groups in total. The van der Waals surface area contributed by atoms with Gasteiger partial charge in [0, 0.05) is 11.4 Å². The van der Waals surface area contributed by atoms with Crippen molar-refractivity contribution in [2.45, 2.75) is 25.8 Å². The van der Waals surface area contributed by atoms with Crippen LogP contribution in [0.2, 0.25) is 5.02 Å². The minimum Gasteiger partial charge on any atom is -0.469 e. The number of benzene rings is 1. The van der Waals surface area contributed by atoms with Crippen molar-refractivity contribution in [1.82, 2.24) is 5.32 Å². The number of esters is 1. The maximum atomic E-state index is 11.6. The highest BCUT2D eigenvalue weighted by molar-refractivity contribution is 6.30. The van der Waals surface area contributed by atoms with Crippen LogP contribution in [-0.4, -0.2) is 19.0 Å². The molecule has 1 rings (SSSR count). The van der Waals surface area contributed by atoms with Crippen LogP contribution in [0.25, 0.3) is 0 Å². The van der Waals surface area contributed by atoms with Gasteiger partial charge in [-0.3, -0.25) is 9.59 Å². The predicted octanol–water partition coefficient (Wildman–Crippen LogP) is 2.47. The summed E-state index contributed by atoms with van der Waals surface area (Å²) in [6, 6.07) is 7.14. The first kappa shape index (κ1) is 14.5. The number of halogens is 1. The maximum Gasteiger partial charge on any atom is 0.306 e. The van der Waals surface area contributed by atoms with Crippen LogP contribution in [0.4, 0.5) is 0 Å². The van der Waals surface area contributed by atoms with E-state index in [4.69, 9.17) is 11.6 Å². The van der Waals surface area contributed by atoms with E-state index >= 15 is 0 Å². The van der Waals surface area contributed by atoms with Gasteiger partial charge in [-0.15, -0.1) is 0 Å². The van der Waals surface area contributed by atoms with Gasteiger partial charge in [0.25, 0.3) is 0 Å². The first-order valence-corrected chi connectivity index (χ1v) is 6.02. The first-order valence-electron chi connectivity index (χ1n) is 5.64. The van der Waals surface area contributed by atoms with Crippen LogP contribution in [0.1, 0.15) is 31.4 Å². The Morgan fingerprint density at radius 3 is 2.44 bits per heavy atom. The van der Waals surface area contributed by atoms with Crippen LogP contribution >= 0.6 is 11.6 Å². The maximum absolute atomic E-state index is 11.6. The van der Waals surface area contributed by atoms with Crippen molar-refractivity contribution in [3.8, 4) is 0 Å². The molecule has 5 heteroatoms. The lowest BCUT2D eigenvalue weighted by Crippen LogP contribution is -2.27. The van der Waals surface area contributed by atoms with Crippen LogP contribution in [-0.2, 0) is 14.3 Å². The van der Waals surface area contributed by atoms with E-state index in [1.165, 1.54) is 7.11 Å². The zero-order valence-electron chi connectivity index (χ0n) is 10.4. The van der Waals surface area contributed by atoms with Crippen LogP contribution < -0.4 is 5.32 Å². The smallest absolute Gasteiger partial charge is 0.306 e. The molecule has 0 unspecified atom stereocenters. The minimum atomic E-state index is -0.385. The molecule has 0 saturated heterocycles. The number of amides is 1. The molecule has 0 bridgehead atoms. The first-order chi connectivity index (χ1) is 8.52. The van der Waals surface area contributed by atoms with Gasteiger partial charge in [-0.1, -0.05) is 23.7 Å². The van der Waals surface area contributed by atoms with E-state index in [1.807, 2.05) is 19.1 Å². The number of methoxy groups -OCH3 is 1. The van der Waals surface area contributed by atoms with E-state index in [-0.39, 0.29) is 30.8 Å². The third-order valence-corrected chi connectivity index (χ3v) is 2.78. The fourth-order valence-electron chi connectivity index (χ4n) is 1.47. The molecule has 0 spiro atoms. The van der Waals surface area contributed by atoms with Gasteiger partial charge < -0.3 is 10.1 Å². The lowest BCUT2D eigenvalue weighted by molar-refractivity contribution is -0.142. The second kappa shape index (κ2) is 7.01. The van der Waals surface area contributed by atoms with Gasteiger partial charge in [0.2, 0.25) is 5.91 Å². The van der Waals surface area contributed by atoms with E-state index in [0.717, 1.165) is 5.56 Å². The van der Waals surface area contributed by atoms with Crippen molar-refractivity contribution in [3.63, 3.8) is 0 Å². The van der Waals surface area contributed by atoms with E-state index < -0.39 is 0 Å². The second-order valence-electron chi connectivity index (χ2n) is 3.92. The number of carbonyl (C=O) groups is 2. The molecule has 1 aromatic carbocycles. The third kappa shape index (κ3) is 4.75. The van der Waals surface area contributed by atoms with Gasteiger partial charge in [0.05, 0.1) is 19.6 Å². The molecule has 0 heterocycles. The Morgan fingerprint density at radius 2 is 1.89 bits per heavy atom. The second-order valence-corrected chi connectivity index (χ2v) is 4.35. The van der Waals surface area contributed by atoms with E-state index in [1.54, 1.807) is 12.1 Å². The predicted molar refractivity (Wildman–Crippen MR) is 69.3 cm³/mol.